The van der Waals surface area contributed by atoms with Gasteiger partial charge >= 0.3 is 0 Å². The van der Waals surface area contributed by atoms with E-state index >= 15 is 0 Å². The normalized spacial score (nSPS) is 28.6. The maximum Gasteiger partial charge on any atom is 0.161 e. The lowest BCUT2D eigenvalue weighted by molar-refractivity contribution is 0.0489. The summed E-state index contributed by atoms with van der Waals surface area (Å²) in [4.78, 5) is 2.54. The number of aryl methyl sites for hydroxylation is 1. The Labute approximate surface area is 150 Å². The molecule has 1 aromatic rings. The number of fused-ring (bicyclic) bond motifs is 2. The topological polar surface area (TPSA) is 45.5 Å². The summed E-state index contributed by atoms with van der Waals surface area (Å²) < 4.78 is 12.5. The number of hydrogen-bond acceptors (Lipinski definition) is 4. The summed E-state index contributed by atoms with van der Waals surface area (Å²) in [6, 6.07) is 9.73. The van der Waals surface area contributed by atoms with Gasteiger partial charge in [0.25, 0.3) is 0 Å². The molecule has 0 unspecified atom stereocenters. The van der Waals surface area contributed by atoms with Gasteiger partial charge in [-0.25, -0.2) is 0 Å². The van der Waals surface area contributed by atoms with E-state index in [-0.39, 0.29) is 6.10 Å². The molecule has 0 spiro atoms. The molecule has 3 aliphatic rings. The van der Waals surface area contributed by atoms with Crippen LogP contribution in [0.5, 0.6) is 11.5 Å². The SMILES string of the molecule is Cc1ccc(O[C@H]2C[C@H]3CC[C@@H](C2)N3CCC#N)c(OCC2CC2)c1. The molecule has 4 rings (SSSR count). The molecule has 0 radical (unpaired) electrons. The number of nitrogens with zero attached hydrogens (tertiary/aromatic N) is 2. The summed E-state index contributed by atoms with van der Waals surface area (Å²) in [6.07, 6.45) is 8.12. The van der Waals surface area contributed by atoms with E-state index in [1.165, 1.54) is 31.2 Å². The Morgan fingerprint density at radius 3 is 2.56 bits per heavy atom. The van der Waals surface area contributed by atoms with Crippen molar-refractivity contribution >= 4 is 0 Å². The van der Waals surface area contributed by atoms with Crippen LogP contribution in [-0.2, 0) is 0 Å². The molecule has 25 heavy (non-hydrogen) atoms. The molecule has 1 aliphatic carbocycles. The summed E-state index contributed by atoms with van der Waals surface area (Å²) in [5, 5.41) is 8.87. The van der Waals surface area contributed by atoms with Crippen LogP contribution in [0.1, 0.15) is 50.5 Å². The van der Waals surface area contributed by atoms with E-state index in [0.717, 1.165) is 43.4 Å². The molecule has 2 bridgehead atoms. The third-order valence-electron chi connectivity index (χ3n) is 5.89. The fraction of sp³-hybridized carbons (Fsp3) is 0.667. The lowest BCUT2D eigenvalue weighted by Gasteiger charge is -2.38. The predicted octanol–water partition coefficient (Wildman–Crippen LogP) is 4.07. The lowest BCUT2D eigenvalue weighted by atomic mass is 9.99. The van der Waals surface area contributed by atoms with Gasteiger partial charge in [-0.1, -0.05) is 6.07 Å². The van der Waals surface area contributed by atoms with E-state index in [1.54, 1.807) is 0 Å². The van der Waals surface area contributed by atoms with Crippen LogP contribution in [0, 0.1) is 24.2 Å². The van der Waals surface area contributed by atoms with Crippen molar-refractivity contribution in [3.8, 4) is 17.6 Å². The first-order valence-electron chi connectivity index (χ1n) is 9.75. The maximum absolute atomic E-state index is 8.87. The zero-order valence-corrected chi connectivity index (χ0v) is 15.1. The third-order valence-corrected chi connectivity index (χ3v) is 5.89. The third kappa shape index (κ3) is 3.93. The highest BCUT2D eigenvalue weighted by Gasteiger charge is 2.41. The summed E-state index contributed by atoms with van der Waals surface area (Å²) >= 11 is 0. The van der Waals surface area contributed by atoms with Crippen molar-refractivity contribution < 1.29 is 9.47 Å². The molecule has 0 N–H and O–H groups in total. The standard InChI is InChI=1S/C21H28N2O2/c1-15-3-8-20(21(11-15)24-14-16-4-5-16)25-19-12-17-6-7-18(13-19)23(17)10-2-9-22/h3,8,11,16-19H,2,4-7,10,12-14H2,1H3/t17-,18+,19+. The van der Waals surface area contributed by atoms with Crippen molar-refractivity contribution in [3.63, 3.8) is 0 Å². The van der Waals surface area contributed by atoms with Crippen molar-refractivity contribution in [3.05, 3.63) is 23.8 Å². The molecule has 0 aromatic heterocycles. The minimum atomic E-state index is 0.266. The number of ether oxygens (including phenoxy) is 2. The van der Waals surface area contributed by atoms with Gasteiger partial charge in [0.05, 0.1) is 12.7 Å². The predicted molar refractivity (Wildman–Crippen MR) is 96.8 cm³/mol. The van der Waals surface area contributed by atoms with Gasteiger partial charge in [0.1, 0.15) is 6.10 Å². The van der Waals surface area contributed by atoms with Crippen LogP contribution in [0.4, 0.5) is 0 Å². The van der Waals surface area contributed by atoms with Gasteiger partial charge in [0, 0.05) is 25.0 Å². The Balaban J connectivity index is 1.40. The number of nitriles is 1. The molecule has 1 saturated carbocycles. The van der Waals surface area contributed by atoms with Gasteiger partial charge < -0.3 is 9.47 Å². The number of hydrogen-bond donors (Lipinski definition) is 0. The summed E-state index contributed by atoms with van der Waals surface area (Å²) in [5.74, 6) is 2.56. The van der Waals surface area contributed by atoms with Crippen LogP contribution in [0.2, 0.25) is 0 Å². The minimum Gasteiger partial charge on any atom is -0.489 e. The highest BCUT2D eigenvalue weighted by Crippen LogP contribution is 2.39. The van der Waals surface area contributed by atoms with Crippen LogP contribution in [-0.4, -0.2) is 36.2 Å². The number of piperidine rings is 1. The van der Waals surface area contributed by atoms with Crippen molar-refractivity contribution in [1.82, 2.24) is 4.90 Å². The quantitative estimate of drug-likeness (QED) is 0.750. The maximum atomic E-state index is 8.87. The average molecular weight is 340 g/mol. The monoisotopic (exact) mass is 340 g/mol. The minimum absolute atomic E-state index is 0.266. The van der Waals surface area contributed by atoms with E-state index in [2.05, 4.69) is 36.1 Å². The highest BCUT2D eigenvalue weighted by molar-refractivity contribution is 5.43. The average Bonchev–Trinajstić information content (AvgIpc) is 3.39. The van der Waals surface area contributed by atoms with Gasteiger partial charge in [0.15, 0.2) is 11.5 Å². The second kappa shape index (κ2) is 7.25. The highest BCUT2D eigenvalue weighted by atomic mass is 16.5. The molecule has 4 heteroatoms. The van der Waals surface area contributed by atoms with Gasteiger partial charge in [-0.05, 0) is 69.1 Å². The van der Waals surface area contributed by atoms with E-state index in [0.29, 0.717) is 18.5 Å². The largest absolute Gasteiger partial charge is 0.489 e. The first kappa shape index (κ1) is 16.7. The van der Waals surface area contributed by atoms with Crippen LogP contribution < -0.4 is 9.47 Å². The summed E-state index contributed by atoms with van der Waals surface area (Å²) in [5.41, 5.74) is 1.21. The fourth-order valence-corrected chi connectivity index (χ4v) is 4.36. The lowest BCUT2D eigenvalue weighted by Crippen LogP contribution is -2.46. The smallest absolute Gasteiger partial charge is 0.161 e. The Bertz CT molecular complexity index is 636. The van der Waals surface area contributed by atoms with Crippen LogP contribution >= 0.6 is 0 Å². The summed E-state index contributed by atoms with van der Waals surface area (Å²) in [6.45, 7) is 3.83. The van der Waals surface area contributed by atoms with Gasteiger partial charge in [-0.2, -0.15) is 5.26 Å². The van der Waals surface area contributed by atoms with Crippen LogP contribution in [0.15, 0.2) is 18.2 Å². The van der Waals surface area contributed by atoms with Crippen LogP contribution in [0.3, 0.4) is 0 Å². The Morgan fingerprint density at radius 2 is 1.88 bits per heavy atom. The van der Waals surface area contributed by atoms with Gasteiger partial charge in [0.2, 0.25) is 0 Å². The van der Waals surface area contributed by atoms with Crippen molar-refractivity contribution in [2.45, 2.75) is 70.1 Å². The molecule has 0 amide bonds. The molecule has 3 fully saturated rings. The van der Waals surface area contributed by atoms with Crippen molar-refractivity contribution in [2.75, 3.05) is 13.2 Å². The number of rotatable bonds is 7. The molecule has 3 atom stereocenters. The Kier molecular flexibility index (Phi) is 4.85. The molecule has 1 aromatic carbocycles. The van der Waals surface area contributed by atoms with Gasteiger partial charge in [-0.3, -0.25) is 4.90 Å². The second-order valence-corrected chi connectivity index (χ2v) is 7.95. The second-order valence-electron chi connectivity index (χ2n) is 7.95. The van der Waals surface area contributed by atoms with Crippen molar-refractivity contribution in [2.24, 2.45) is 5.92 Å². The van der Waals surface area contributed by atoms with E-state index in [1.807, 2.05) is 0 Å². The van der Waals surface area contributed by atoms with E-state index < -0.39 is 0 Å². The Morgan fingerprint density at radius 1 is 1.12 bits per heavy atom. The summed E-state index contributed by atoms with van der Waals surface area (Å²) in [7, 11) is 0. The van der Waals surface area contributed by atoms with Crippen LogP contribution in [0.25, 0.3) is 0 Å². The Hall–Kier alpha value is -1.73. The molecular formula is C21H28N2O2. The zero-order chi connectivity index (χ0) is 17.2. The van der Waals surface area contributed by atoms with E-state index in [9.17, 15) is 0 Å². The molecule has 2 saturated heterocycles. The molecule has 2 aliphatic heterocycles. The first-order chi connectivity index (χ1) is 12.2. The number of benzene rings is 1. The van der Waals surface area contributed by atoms with Gasteiger partial charge in [-0.15, -0.1) is 0 Å². The molecular weight excluding hydrogens is 312 g/mol. The zero-order valence-electron chi connectivity index (χ0n) is 15.1. The molecule has 4 nitrogen and oxygen atoms in total. The fourth-order valence-electron chi connectivity index (χ4n) is 4.36. The first-order valence-corrected chi connectivity index (χ1v) is 9.75. The molecule has 2 heterocycles. The molecule has 134 valence electrons. The van der Waals surface area contributed by atoms with E-state index in [4.69, 9.17) is 14.7 Å². The van der Waals surface area contributed by atoms with Crippen molar-refractivity contribution in [1.29, 1.82) is 5.26 Å².